The molecule has 1 aromatic rings. The van der Waals surface area contributed by atoms with Crippen molar-refractivity contribution in [1.29, 1.82) is 0 Å². The van der Waals surface area contributed by atoms with Crippen LogP contribution in [0.4, 0.5) is 4.79 Å². The van der Waals surface area contributed by atoms with Crippen molar-refractivity contribution in [2.45, 2.75) is 0 Å². The molecule has 0 bridgehead atoms. The molecule has 0 saturated carbocycles. The average molecular weight is 303 g/mol. The summed E-state index contributed by atoms with van der Waals surface area (Å²) < 4.78 is 4.61. The molecule has 0 N–H and O–H groups in total. The van der Waals surface area contributed by atoms with Crippen LogP contribution in [-0.2, 0) is 9.53 Å². The normalized spacial score (nSPS) is 16.4. The quantitative estimate of drug-likeness (QED) is 0.486. The van der Waals surface area contributed by atoms with E-state index in [9.17, 15) is 14.4 Å². The lowest BCUT2D eigenvalue weighted by atomic mass is 10.1. The molecular formula is C15H13NO4S. The Morgan fingerprint density at radius 1 is 1.33 bits per heavy atom. The van der Waals surface area contributed by atoms with E-state index >= 15 is 0 Å². The molecule has 1 aromatic carbocycles. The Morgan fingerprint density at radius 3 is 2.57 bits per heavy atom. The van der Waals surface area contributed by atoms with Crippen LogP contribution >= 0.6 is 11.8 Å². The lowest BCUT2D eigenvalue weighted by Gasteiger charge is -2.07. The third-order valence-corrected chi connectivity index (χ3v) is 3.72. The van der Waals surface area contributed by atoms with Gasteiger partial charge in [-0.3, -0.25) is 14.5 Å². The van der Waals surface area contributed by atoms with Gasteiger partial charge in [0.05, 0.1) is 17.6 Å². The van der Waals surface area contributed by atoms with Gasteiger partial charge in [-0.05, 0) is 35.5 Å². The smallest absolute Gasteiger partial charge is 0.337 e. The topological polar surface area (TPSA) is 63.7 Å². The summed E-state index contributed by atoms with van der Waals surface area (Å²) in [7, 11) is 1.31. The SMILES string of the molecule is C=CCN1C(=O)S/C(=C/c2ccc(C(=O)OC)cc2)C1=O. The highest BCUT2D eigenvalue weighted by Gasteiger charge is 2.33. The van der Waals surface area contributed by atoms with Gasteiger partial charge in [0.15, 0.2) is 0 Å². The monoisotopic (exact) mass is 303 g/mol. The van der Waals surface area contributed by atoms with E-state index in [4.69, 9.17) is 0 Å². The van der Waals surface area contributed by atoms with E-state index in [-0.39, 0.29) is 17.7 Å². The minimum Gasteiger partial charge on any atom is -0.465 e. The lowest BCUT2D eigenvalue weighted by molar-refractivity contribution is -0.122. The summed E-state index contributed by atoms with van der Waals surface area (Å²) in [6.07, 6.45) is 3.12. The van der Waals surface area contributed by atoms with Crippen LogP contribution in [0.15, 0.2) is 41.8 Å². The molecule has 21 heavy (non-hydrogen) atoms. The minimum absolute atomic E-state index is 0.198. The summed E-state index contributed by atoms with van der Waals surface area (Å²) in [5, 5.41) is -0.308. The van der Waals surface area contributed by atoms with Crippen LogP contribution in [0.2, 0.25) is 0 Å². The van der Waals surface area contributed by atoms with Gasteiger partial charge in [-0.15, -0.1) is 6.58 Å². The zero-order chi connectivity index (χ0) is 15.4. The molecule has 0 aliphatic carbocycles. The van der Waals surface area contributed by atoms with Crippen molar-refractivity contribution in [3.05, 3.63) is 53.0 Å². The first-order valence-corrected chi connectivity index (χ1v) is 6.93. The number of esters is 1. The first-order chi connectivity index (χ1) is 10.1. The molecular weight excluding hydrogens is 290 g/mol. The van der Waals surface area contributed by atoms with E-state index in [1.54, 1.807) is 30.3 Å². The van der Waals surface area contributed by atoms with Gasteiger partial charge >= 0.3 is 5.97 Å². The summed E-state index contributed by atoms with van der Waals surface area (Å²) >= 11 is 0.891. The number of nitrogens with zero attached hydrogens (tertiary/aromatic N) is 1. The van der Waals surface area contributed by atoms with Gasteiger partial charge < -0.3 is 4.74 Å². The fourth-order valence-corrected chi connectivity index (χ4v) is 2.62. The first-order valence-electron chi connectivity index (χ1n) is 6.11. The van der Waals surface area contributed by atoms with Crippen molar-refractivity contribution in [3.63, 3.8) is 0 Å². The van der Waals surface area contributed by atoms with E-state index in [2.05, 4.69) is 11.3 Å². The maximum absolute atomic E-state index is 12.0. The number of thioether (sulfide) groups is 1. The van der Waals surface area contributed by atoms with E-state index in [1.807, 2.05) is 0 Å². The molecule has 108 valence electrons. The number of carbonyl (C=O) groups excluding carboxylic acids is 3. The van der Waals surface area contributed by atoms with Gasteiger partial charge in [0.1, 0.15) is 0 Å². The highest BCUT2D eigenvalue weighted by atomic mass is 32.2. The lowest BCUT2D eigenvalue weighted by Crippen LogP contribution is -2.27. The van der Waals surface area contributed by atoms with Crippen LogP contribution in [0.3, 0.4) is 0 Å². The Hall–Kier alpha value is -2.34. The number of carbonyl (C=O) groups is 3. The second-order valence-electron chi connectivity index (χ2n) is 4.19. The Morgan fingerprint density at radius 2 is 2.00 bits per heavy atom. The van der Waals surface area contributed by atoms with Gasteiger partial charge in [0.2, 0.25) is 0 Å². The van der Waals surface area contributed by atoms with Gasteiger partial charge in [-0.25, -0.2) is 4.79 Å². The standard InChI is InChI=1S/C15H13NO4S/c1-3-8-16-13(17)12(21-15(16)19)9-10-4-6-11(7-5-10)14(18)20-2/h3-7,9H,1,8H2,2H3/b12-9+. The second-order valence-corrected chi connectivity index (χ2v) is 5.19. The van der Waals surface area contributed by atoms with Crippen molar-refractivity contribution in [3.8, 4) is 0 Å². The van der Waals surface area contributed by atoms with Gasteiger partial charge in [-0.2, -0.15) is 0 Å². The van der Waals surface area contributed by atoms with Crippen LogP contribution in [0.1, 0.15) is 15.9 Å². The van der Waals surface area contributed by atoms with E-state index in [0.717, 1.165) is 22.2 Å². The molecule has 2 rings (SSSR count). The number of imide groups is 1. The number of hydrogen-bond acceptors (Lipinski definition) is 5. The number of amides is 2. The fraction of sp³-hybridized carbons (Fsp3) is 0.133. The van der Waals surface area contributed by atoms with Crippen molar-refractivity contribution in [2.24, 2.45) is 0 Å². The van der Waals surface area contributed by atoms with E-state index < -0.39 is 5.97 Å². The fourth-order valence-electron chi connectivity index (χ4n) is 1.77. The summed E-state index contributed by atoms with van der Waals surface area (Å²) in [6, 6.07) is 6.58. The molecule has 0 aromatic heterocycles. The van der Waals surface area contributed by atoms with Gasteiger partial charge in [-0.1, -0.05) is 18.2 Å². The van der Waals surface area contributed by atoms with Crippen LogP contribution in [0, 0.1) is 0 Å². The molecule has 0 atom stereocenters. The average Bonchev–Trinajstić information content (AvgIpc) is 2.75. The molecule has 1 saturated heterocycles. The number of methoxy groups -OCH3 is 1. The molecule has 1 aliphatic heterocycles. The predicted octanol–water partition coefficient (Wildman–Crippen LogP) is 2.70. The molecule has 1 heterocycles. The maximum Gasteiger partial charge on any atom is 0.337 e. The third-order valence-electron chi connectivity index (χ3n) is 2.81. The van der Waals surface area contributed by atoms with Crippen LogP contribution in [0.25, 0.3) is 6.08 Å². The summed E-state index contributed by atoms with van der Waals surface area (Å²) in [4.78, 5) is 36.5. The summed E-state index contributed by atoms with van der Waals surface area (Å²) in [5.74, 6) is -0.755. The first kappa shape index (κ1) is 15.1. The summed E-state index contributed by atoms with van der Waals surface area (Å²) in [5.41, 5.74) is 1.15. The van der Waals surface area contributed by atoms with Crippen LogP contribution < -0.4 is 0 Å². The van der Waals surface area contributed by atoms with Crippen molar-refractivity contribution in [1.82, 2.24) is 4.90 Å². The largest absolute Gasteiger partial charge is 0.465 e. The van der Waals surface area contributed by atoms with Gasteiger partial charge in [0, 0.05) is 6.54 Å². The molecule has 0 spiro atoms. The Labute approximate surface area is 126 Å². The molecule has 2 amide bonds. The van der Waals surface area contributed by atoms with Crippen molar-refractivity contribution < 1.29 is 19.1 Å². The van der Waals surface area contributed by atoms with Crippen molar-refractivity contribution in [2.75, 3.05) is 13.7 Å². The Bertz CT molecular complexity index is 634. The molecule has 0 radical (unpaired) electrons. The maximum atomic E-state index is 12.0. The number of ether oxygens (including phenoxy) is 1. The van der Waals surface area contributed by atoms with Crippen molar-refractivity contribution >= 4 is 35.0 Å². The minimum atomic E-state index is -0.423. The third kappa shape index (κ3) is 3.22. The van der Waals surface area contributed by atoms with E-state index in [1.165, 1.54) is 13.2 Å². The molecule has 0 unspecified atom stereocenters. The highest BCUT2D eigenvalue weighted by molar-refractivity contribution is 8.18. The number of rotatable bonds is 4. The predicted molar refractivity (Wildman–Crippen MR) is 80.7 cm³/mol. The number of benzene rings is 1. The number of hydrogen-bond donors (Lipinski definition) is 0. The second kappa shape index (κ2) is 6.41. The molecule has 5 nitrogen and oxygen atoms in total. The van der Waals surface area contributed by atoms with Crippen LogP contribution in [-0.4, -0.2) is 35.7 Å². The summed E-state index contributed by atoms with van der Waals surface area (Å²) in [6.45, 7) is 3.72. The zero-order valence-electron chi connectivity index (χ0n) is 11.4. The molecule has 6 heteroatoms. The van der Waals surface area contributed by atoms with Crippen LogP contribution in [0.5, 0.6) is 0 Å². The molecule has 1 aliphatic rings. The molecule has 1 fully saturated rings. The van der Waals surface area contributed by atoms with Gasteiger partial charge in [0.25, 0.3) is 11.1 Å². The Balaban J connectivity index is 2.20. The highest BCUT2D eigenvalue weighted by Crippen LogP contribution is 2.32. The zero-order valence-corrected chi connectivity index (χ0v) is 12.2. The Kier molecular flexibility index (Phi) is 4.59. The van der Waals surface area contributed by atoms with E-state index in [0.29, 0.717) is 10.5 Å².